The summed E-state index contributed by atoms with van der Waals surface area (Å²) in [6.45, 7) is 8.30. The second-order valence-corrected chi connectivity index (χ2v) is 15.9. The lowest BCUT2D eigenvalue weighted by Gasteiger charge is -2.44. The van der Waals surface area contributed by atoms with E-state index < -0.39 is 16.2 Å². The molecule has 0 saturated carbocycles. The Morgan fingerprint density at radius 2 is 1.44 bits per heavy atom. The zero-order valence-corrected chi connectivity index (χ0v) is 32.7. The summed E-state index contributed by atoms with van der Waals surface area (Å²) >= 11 is 0. The molecule has 0 aliphatic carbocycles. The fourth-order valence-electron chi connectivity index (χ4n) is 7.87. The third-order valence-corrected chi connectivity index (χ3v) is 12.1. The maximum Gasteiger partial charge on any atom is 0.339 e. The highest BCUT2D eigenvalue weighted by Gasteiger charge is 2.43. The lowest BCUT2D eigenvalue weighted by molar-refractivity contribution is 0.388. The fourth-order valence-corrected chi connectivity index (χ4v) is 9.12. The Balaban J connectivity index is 1.17. The molecule has 0 amide bonds. The third kappa shape index (κ3) is 6.47. The van der Waals surface area contributed by atoms with Gasteiger partial charge in [0.05, 0.1) is 35.9 Å². The summed E-state index contributed by atoms with van der Waals surface area (Å²) in [5.41, 5.74) is 7.36. The zero-order valence-electron chi connectivity index (χ0n) is 31.9. The molecule has 6 aromatic rings. The summed E-state index contributed by atoms with van der Waals surface area (Å²) in [5, 5.41) is 5.06. The van der Waals surface area contributed by atoms with Crippen LogP contribution in [0, 0.1) is 26.6 Å². The van der Waals surface area contributed by atoms with Gasteiger partial charge in [0.2, 0.25) is 0 Å². The number of fused-ring (bicyclic) bond motifs is 4. The Morgan fingerprint density at radius 1 is 0.719 bits per heavy atom. The van der Waals surface area contributed by atoms with Gasteiger partial charge in [0.25, 0.3) is 0 Å². The summed E-state index contributed by atoms with van der Waals surface area (Å²) in [5.74, 6) is 2.14. The number of hydrogen-bond acceptors (Lipinski definition) is 10. The Bertz CT molecular complexity index is 2690. The van der Waals surface area contributed by atoms with Gasteiger partial charge in [-0.15, -0.1) is 0 Å². The van der Waals surface area contributed by atoms with Gasteiger partial charge in [-0.05, 0) is 104 Å². The van der Waals surface area contributed by atoms with Crippen LogP contribution >= 0.6 is 0 Å². The molecule has 0 radical (unpaired) electrons. The molecular formula is C44H40FN7O4S. The summed E-state index contributed by atoms with van der Waals surface area (Å²) in [7, 11) is -2.69. The first kappa shape index (κ1) is 36.2. The monoisotopic (exact) mass is 781 g/mol. The van der Waals surface area contributed by atoms with E-state index >= 15 is 0 Å². The normalized spacial score (nSPS) is 16.3. The Morgan fingerprint density at radius 3 is 2.19 bits per heavy atom. The number of nitrogens with zero attached hydrogens (tertiary/aromatic N) is 7. The number of anilines is 2. The molecule has 1 atom stereocenters. The Labute approximate surface area is 331 Å². The molecule has 0 N–H and O–H groups in total. The molecule has 0 bridgehead atoms. The van der Waals surface area contributed by atoms with E-state index in [1.54, 1.807) is 25.1 Å². The van der Waals surface area contributed by atoms with Crippen molar-refractivity contribution in [3.63, 3.8) is 0 Å². The molecule has 0 spiro atoms. The highest BCUT2D eigenvalue weighted by Crippen LogP contribution is 2.49. The average Bonchev–Trinajstić information content (AvgIpc) is 3.56. The number of ether oxygens (including phenoxy) is 1. The maximum absolute atomic E-state index is 13.7. The van der Waals surface area contributed by atoms with Crippen molar-refractivity contribution < 1.29 is 21.7 Å². The first-order valence-corrected chi connectivity index (χ1v) is 20.2. The van der Waals surface area contributed by atoms with Crippen molar-refractivity contribution in [2.45, 2.75) is 31.7 Å². The van der Waals surface area contributed by atoms with Crippen molar-refractivity contribution in [3.05, 3.63) is 149 Å². The van der Waals surface area contributed by atoms with E-state index in [0.717, 1.165) is 51.0 Å². The molecule has 4 heterocycles. The summed E-state index contributed by atoms with van der Waals surface area (Å²) < 4.78 is 54.6. The van der Waals surface area contributed by atoms with Gasteiger partial charge >= 0.3 is 10.1 Å². The van der Waals surface area contributed by atoms with Gasteiger partial charge in [0.1, 0.15) is 10.7 Å². The van der Waals surface area contributed by atoms with E-state index in [0.29, 0.717) is 43.4 Å². The molecule has 11 nitrogen and oxygen atoms in total. The molecule has 3 aliphatic rings. The molecule has 3 aliphatic heterocycles. The Kier molecular flexibility index (Phi) is 9.04. The van der Waals surface area contributed by atoms with Crippen molar-refractivity contribution in [1.82, 2.24) is 14.7 Å². The van der Waals surface area contributed by atoms with Crippen LogP contribution in [0.3, 0.4) is 0 Å². The summed E-state index contributed by atoms with van der Waals surface area (Å²) in [6, 6.07) is 34.7. The van der Waals surface area contributed by atoms with E-state index in [1.807, 2.05) is 103 Å². The van der Waals surface area contributed by atoms with Gasteiger partial charge < -0.3 is 23.6 Å². The Hall–Kier alpha value is -6.47. The van der Waals surface area contributed by atoms with Gasteiger partial charge in [-0.2, -0.15) is 13.5 Å². The summed E-state index contributed by atoms with van der Waals surface area (Å²) in [6.07, 6.45) is 0. The average molecular weight is 782 g/mol. The second kappa shape index (κ2) is 14.2. The van der Waals surface area contributed by atoms with Gasteiger partial charge in [-0.1, -0.05) is 48.5 Å². The van der Waals surface area contributed by atoms with E-state index in [2.05, 4.69) is 14.7 Å². The van der Waals surface area contributed by atoms with Crippen LogP contribution in [0.5, 0.6) is 11.5 Å². The van der Waals surface area contributed by atoms with Crippen LogP contribution in [0.4, 0.5) is 27.3 Å². The van der Waals surface area contributed by atoms with Gasteiger partial charge in [-0.25, -0.2) is 19.1 Å². The van der Waals surface area contributed by atoms with Crippen molar-refractivity contribution >= 4 is 44.7 Å². The van der Waals surface area contributed by atoms with Crippen molar-refractivity contribution in [2.24, 2.45) is 9.98 Å². The zero-order chi connectivity index (χ0) is 39.4. The highest BCUT2D eigenvalue weighted by molar-refractivity contribution is 7.87. The maximum atomic E-state index is 13.7. The van der Waals surface area contributed by atoms with Crippen LogP contribution in [0.1, 0.15) is 34.0 Å². The molecule has 9 rings (SSSR count). The lowest BCUT2D eigenvalue weighted by Crippen LogP contribution is -2.55. The first-order valence-electron chi connectivity index (χ1n) is 18.8. The van der Waals surface area contributed by atoms with Crippen molar-refractivity contribution in [1.29, 1.82) is 0 Å². The number of aryl methyl sites for hydroxylation is 3. The van der Waals surface area contributed by atoms with Gasteiger partial charge in [-0.3, -0.25) is 0 Å². The van der Waals surface area contributed by atoms with Gasteiger partial charge in [0, 0.05) is 37.4 Å². The van der Waals surface area contributed by atoms with Crippen LogP contribution in [-0.2, 0) is 10.1 Å². The number of benzene rings is 5. The number of piperazine rings is 1. The topological polar surface area (TPSA) is 105 Å². The number of para-hydroxylation sites is 3. The predicted molar refractivity (Wildman–Crippen MR) is 220 cm³/mol. The number of amidine groups is 2. The lowest BCUT2D eigenvalue weighted by atomic mass is 9.93. The van der Waals surface area contributed by atoms with Gasteiger partial charge in [0.15, 0.2) is 29.0 Å². The minimum atomic E-state index is -4.19. The highest BCUT2D eigenvalue weighted by atomic mass is 32.2. The quantitative estimate of drug-likeness (QED) is 0.149. The SMILES string of the molecule is COc1cc(C2c3c(C)nn(-c4ccccc4)c3N=C3C(N4CCN(c5ccc(F)cc5)CC4)=Nc4ccccc4N32)ccc1OS(=O)(=O)c1cc(C)ccc1C. The molecule has 13 heteroatoms. The first-order chi connectivity index (χ1) is 27.6. The predicted octanol–water partition coefficient (Wildman–Crippen LogP) is 8.22. The molecule has 1 fully saturated rings. The fraction of sp³-hybridized carbons (Fsp3) is 0.205. The summed E-state index contributed by atoms with van der Waals surface area (Å²) in [4.78, 5) is 17.5. The number of aromatic nitrogens is 2. The van der Waals surface area contributed by atoms with E-state index in [-0.39, 0.29) is 22.2 Å². The molecule has 5 aromatic carbocycles. The minimum Gasteiger partial charge on any atom is -0.493 e. The molecule has 288 valence electrons. The largest absolute Gasteiger partial charge is 0.493 e. The minimum absolute atomic E-state index is 0.0732. The molecule has 1 aromatic heterocycles. The standard InChI is InChI=1S/C44H40FN7O4S/c1-28-14-15-29(2)39(26-28)57(53,54)56-37-21-16-31(27-38(37)55-4)41-40-30(3)48-52(34-10-6-5-7-11-34)42(40)47-44-43(46-35-12-8-9-13-36(35)51(41)44)50-24-22-49(23-25-50)33-19-17-32(45)18-20-33/h5-21,26-27,41H,22-25H2,1-4H3. The third-order valence-electron chi connectivity index (χ3n) is 10.7. The molecule has 1 saturated heterocycles. The van der Waals surface area contributed by atoms with Crippen LogP contribution in [-0.4, -0.2) is 68.1 Å². The van der Waals surface area contributed by atoms with E-state index in [1.165, 1.54) is 19.2 Å². The van der Waals surface area contributed by atoms with Crippen molar-refractivity contribution in [3.8, 4) is 17.2 Å². The number of aliphatic imine (C=N–C) groups is 2. The van der Waals surface area contributed by atoms with Crippen LogP contribution < -0.4 is 18.7 Å². The number of rotatable bonds is 7. The van der Waals surface area contributed by atoms with Crippen LogP contribution in [0.15, 0.2) is 130 Å². The number of methoxy groups -OCH3 is 1. The molecular weight excluding hydrogens is 742 g/mol. The molecule has 1 unspecified atom stereocenters. The van der Waals surface area contributed by atoms with E-state index in [9.17, 15) is 12.8 Å². The smallest absolute Gasteiger partial charge is 0.339 e. The number of halogens is 1. The van der Waals surface area contributed by atoms with Crippen molar-refractivity contribution in [2.75, 3.05) is 43.1 Å². The van der Waals surface area contributed by atoms with Crippen LogP contribution in [0.25, 0.3) is 5.69 Å². The molecule has 57 heavy (non-hydrogen) atoms. The number of hydrogen-bond donors (Lipinski definition) is 0. The van der Waals surface area contributed by atoms with Crippen LogP contribution in [0.2, 0.25) is 0 Å². The van der Waals surface area contributed by atoms with E-state index in [4.69, 9.17) is 24.0 Å². The second-order valence-electron chi connectivity index (χ2n) is 14.4.